The molecular weight excluding hydrogens is 236 g/mol. The van der Waals surface area contributed by atoms with Gasteiger partial charge in [-0.3, -0.25) is 9.59 Å². The topological polar surface area (TPSA) is 74.6 Å². The lowest BCUT2D eigenvalue weighted by molar-refractivity contribution is -0.139. The number of rotatable bonds is 5. The van der Waals surface area contributed by atoms with Crippen molar-refractivity contribution in [1.82, 2.24) is 0 Å². The zero-order valence-corrected chi connectivity index (χ0v) is 10.9. The minimum Gasteiger partial charge on any atom is -0.480 e. The lowest BCUT2D eigenvalue weighted by atomic mass is 10.2. The molecule has 0 spiro atoms. The SMILES string of the molecule is CC(C)(C(=O)O)[SH](C=S)C(C)(C)C(=O)O. The van der Waals surface area contributed by atoms with Crippen molar-refractivity contribution >= 4 is 39.8 Å². The molecule has 2 N–H and O–H groups in total. The van der Waals surface area contributed by atoms with Crippen LogP contribution in [0.1, 0.15) is 27.7 Å². The van der Waals surface area contributed by atoms with Gasteiger partial charge in [0.1, 0.15) is 0 Å². The smallest absolute Gasteiger partial charge is 0.317 e. The van der Waals surface area contributed by atoms with Gasteiger partial charge in [0.2, 0.25) is 0 Å². The summed E-state index contributed by atoms with van der Waals surface area (Å²) in [6.07, 6.45) is 0. The van der Waals surface area contributed by atoms with E-state index >= 15 is 0 Å². The third-order valence-corrected chi connectivity index (χ3v) is 5.99. The molecule has 0 fully saturated rings. The van der Waals surface area contributed by atoms with E-state index in [1.807, 2.05) is 0 Å². The minimum atomic E-state index is -1.43. The highest BCUT2D eigenvalue weighted by molar-refractivity contribution is 8.36. The van der Waals surface area contributed by atoms with Gasteiger partial charge in [0, 0.05) is 4.70 Å². The molecule has 0 aliphatic carbocycles. The van der Waals surface area contributed by atoms with Crippen molar-refractivity contribution in [2.75, 3.05) is 0 Å². The van der Waals surface area contributed by atoms with Gasteiger partial charge in [-0.25, -0.2) is 0 Å². The number of carbonyl (C=O) groups is 2. The summed E-state index contributed by atoms with van der Waals surface area (Å²) in [5, 5.41) is 18.1. The largest absolute Gasteiger partial charge is 0.480 e. The average molecular weight is 252 g/mol. The van der Waals surface area contributed by atoms with E-state index in [2.05, 4.69) is 0 Å². The van der Waals surface area contributed by atoms with E-state index in [1.165, 1.54) is 32.4 Å². The molecule has 0 atom stereocenters. The second kappa shape index (κ2) is 4.49. The quantitative estimate of drug-likeness (QED) is 0.512. The van der Waals surface area contributed by atoms with E-state index in [-0.39, 0.29) is 0 Å². The number of thiocarbonyl (C=S) groups is 1. The Bertz CT molecular complexity index is 270. The maximum absolute atomic E-state index is 11.0. The molecule has 15 heavy (non-hydrogen) atoms. The van der Waals surface area contributed by atoms with Crippen LogP contribution in [0.15, 0.2) is 0 Å². The van der Waals surface area contributed by atoms with E-state index in [0.29, 0.717) is 0 Å². The fraction of sp³-hybridized carbons (Fsp3) is 0.667. The predicted molar refractivity (Wildman–Crippen MR) is 66.1 cm³/mol. The maximum atomic E-state index is 11.0. The Morgan fingerprint density at radius 1 is 1.07 bits per heavy atom. The molecule has 88 valence electrons. The summed E-state index contributed by atoms with van der Waals surface area (Å²) in [6.45, 7) is 6.03. The number of carboxylic acid groups (broad SMARTS) is 2. The van der Waals surface area contributed by atoms with Gasteiger partial charge in [0.15, 0.2) is 0 Å². The Balaban J connectivity index is 5.35. The fourth-order valence-electron chi connectivity index (χ4n) is 1.17. The predicted octanol–water partition coefficient (Wildman–Crippen LogP) is 1.67. The van der Waals surface area contributed by atoms with Crippen LogP contribution < -0.4 is 0 Å². The van der Waals surface area contributed by atoms with Gasteiger partial charge in [-0.15, -0.1) is 0 Å². The molecule has 0 saturated carbocycles. The molecule has 0 unspecified atom stereocenters. The average Bonchev–Trinajstić information content (AvgIpc) is 2.03. The molecule has 0 radical (unpaired) electrons. The van der Waals surface area contributed by atoms with Crippen LogP contribution in [0, 0.1) is 0 Å². The number of thiol groups is 1. The van der Waals surface area contributed by atoms with E-state index in [1.54, 1.807) is 0 Å². The van der Waals surface area contributed by atoms with Crippen LogP contribution in [-0.4, -0.2) is 36.3 Å². The summed E-state index contributed by atoms with van der Waals surface area (Å²) in [6, 6.07) is 0. The molecule has 0 aliphatic rings. The van der Waals surface area contributed by atoms with Gasteiger partial charge in [0.05, 0.1) is 9.49 Å². The van der Waals surface area contributed by atoms with Crippen LogP contribution >= 0.6 is 23.1 Å². The fourth-order valence-corrected chi connectivity index (χ4v) is 5.09. The molecule has 0 aromatic carbocycles. The number of hydrogen-bond donors (Lipinski definition) is 3. The van der Waals surface area contributed by atoms with Crippen LogP contribution in [0.2, 0.25) is 0 Å². The number of carboxylic acids is 2. The van der Waals surface area contributed by atoms with Crippen molar-refractivity contribution in [2.24, 2.45) is 0 Å². The summed E-state index contributed by atoms with van der Waals surface area (Å²) < 4.78 is -0.949. The van der Waals surface area contributed by atoms with Crippen molar-refractivity contribution in [1.29, 1.82) is 0 Å². The summed E-state index contributed by atoms with van der Waals surface area (Å²) >= 11 is 4.79. The van der Waals surface area contributed by atoms with Crippen LogP contribution in [-0.2, 0) is 9.59 Å². The Hall–Kier alpha value is -0.620. The third-order valence-electron chi connectivity index (χ3n) is 2.36. The van der Waals surface area contributed by atoms with E-state index in [9.17, 15) is 9.59 Å². The highest BCUT2D eigenvalue weighted by Crippen LogP contribution is 2.49. The number of hydrogen-bond acceptors (Lipinski definition) is 3. The lowest BCUT2D eigenvalue weighted by Gasteiger charge is -2.40. The van der Waals surface area contributed by atoms with E-state index in [0.717, 1.165) is 0 Å². The van der Waals surface area contributed by atoms with Crippen LogP contribution in [0.3, 0.4) is 0 Å². The molecule has 0 aliphatic heterocycles. The van der Waals surface area contributed by atoms with Crippen molar-refractivity contribution in [3.05, 3.63) is 0 Å². The Kier molecular flexibility index (Phi) is 4.30. The first-order chi connectivity index (χ1) is 6.58. The summed E-state index contributed by atoms with van der Waals surface area (Å²) in [4.78, 5) is 22.1. The molecule has 0 amide bonds. The summed E-state index contributed by atoms with van der Waals surface area (Å²) in [5.41, 5.74) is 0. The molecule has 0 heterocycles. The lowest BCUT2D eigenvalue weighted by Crippen LogP contribution is -2.43. The van der Waals surface area contributed by atoms with Crippen LogP contribution in [0.4, 0.5) is 0 Å². The zero-order valence-electron chi connectivity index (χ0n) is 9.14. The minimum absolute atomic E-state index is 1.02. The van der Waals surface area contributed by atoms with Crippen molar-refractivity contribution in [3.8, 4) is 0 Å². The van der Waals surface area contributed by atoms with Gasteiger partial charge in [0.25, 0.3) is 0 Å². The first-order valence-corrected chi connectivity index (χ1v) is 6.18. The normalized spacial score (nSPS) is 13.2. The summed E-state index contributed by atoms with van der Waals surface area (Å²) in [5.74, 6) is -2.05. The maximum Gasteiger partial charge on any atom is 0.317 e. The van der Waals surface area contributed by atoms with Gasteiger partial charge in [-0.2, -0.15) is 10.9 Å². The molecule has 0 rings (SSSR count). The number of aliphatic carboxylic acids is 2. The molecule has 0 bridgehead atoms. The van der Waals surface area contributed by atoms with Crippen LogP contribution in [0.5, 0.6) is 0 Å². The van der Waals surface area contributed by atoms with Crippen molar-refractivity contribution in [2.45, 2.75) is 37.2 Å². The highest BCUT2D eigenvalue weighted by Gasteiger charge is 2.45. The highest BCUT2D eigenvalue weighted by atomic mass is 32.2. The zero-order chi connectivity index (χ0) is 12.4. The van der Waals surface area contributed by atoms with Gasteiger partial charge >= 0.3 is 11.9 Å². The van der Waals surface area contributed by atoms with Gasteiger partial charge < -0.3 is 10.2 Å². The molecule has 0 aromatic heterocycles. The molecular formula is C9H16O4S2. The third kappa shape index (κ3) is 2.69. The molecule has 0 saturated heterocycles. The Morgan fingerprint density at radius 2 is 1.33 bits per heavy atom. The molecule has 6 heteroatoms. The summed E-state index contributed by atoms with van der Waals surface area (Å²) in [7, 11) is -1.43. The molecule has 0 aromatic rings. The van der Waals surface area contributed by atoms with Gasteiger partial charge in [-0.05, 0) is 27.7 Å². The van der Waals surface area contributed by atoms with Crippen molar-refractivity contribution < 1.29 is 19.8 Å². The van der Waals surface area contributed by atoms with Gasteiger partial charge in [-0.1, -0.05) is 12.2 Å². The standard InChI is InChI=1S/C9H16O4S2/c1-8(2,6(10)11)15(5-14)9(3,4)7(12)13/h5,15H,1-4H3,(H,10,11)(H,12,13). The monoisotopic (exact) mass is 252 g/mol. The Labute approximate surface area is 97.0 Å². The molecule has 4 nitrogen and oxygen atoms in total. The second-order valence-corrected chi connectivity index (χ2v) is 8.02. The Morgan fingerprint density at radius 3 is 1.47 bits per heavy atom. The second-order valence-electron chi connectivity index (χ2n) is 4.20. The van der Waals surface area contributed by atoms with E-state index in [4.69, 9.17) is 22.4 Å². The first-order valence-electron chi connectivity index (χ1n) is 4.30. The van der Waals surface area contributed by atoms with Crippen molar-refractivity contribution in [3.63, 3.8) is 0 Å². The van der Waals surface area contributed by atoms with Crippen LogP contribution in [0.25, 0.3) is 0 Å². The van der Waals surface area contributed by atoms with E-state index < -0.39 is 32.3 Å². The first kappa shape index (κ1) is 14.4.